The highest BCUT2D eigenvalue weighted by atomic mass is 35.5. The van der Waals surface area contributed by atoms with Crippen molar-refractivity contribution in [3.05, 3.63) is 0 Å². The van der Waals surface area contributed by atoms with Crippen molar-refractivity contribution in [1.29, 1.82) is 0 Å². The van der Waals surface area contributed by atoms with Gasteiger partial charge in [0, 0.05) is 38.8 Å². The largest absolute Gasteiger partial charge is 1.00 e. The van der Waals surface area contributed by atoms with Gasteiger partial charge in [-0.05, 0) is 12.8 Å². The fourth-order valence-electron chi connectivity index (χ4n) is 6.67. The summed E-state index contributed by atoms with van der Waals surface area (Å²) in [6.07, 6.45) is 22.6. The lowest BCUT2D eigenvalue weighted by Crippen LogP contribution is -3.00. The number of aliphatic hydroxyl groups excluding tert-OH is 2. The average Bonchev–Trinajstić information content (AvgIpc) is 3.08. The molecular formula is C40H85Cl2N4O8P. The molecule has 2 amide bonds. The molecule has 2 unspecified atom stereocenters. The Balaban J connectivity index is -0.0000135. The van der Waals surface area contributed by atoms with Crippen LogP contribution in [0.4, 0.5) is 0 Å². The molecule has 0 aliphatic rings. The molecule has 0 aromatic rings. The van der Waals surface area contributed by atoms with E-state index in [1.165, 1.54) is 89.9 Å². The number of rotatable bonds is 38. The Bertz CT molecular complexity index is 898. The van der Waals surface area contributed by atoms with Gasteiger partial charge < -0.3 is 59.5 Å². The second-order valence-corrected chi connectivity index (χ2v) is 18.1. The van der Waals surface area contributed by atoms with Crippen molar-refractivity contribution in [3.8, 4) is 0 Å². The van der Waals surface area contributed by atoms with E-state index in [1.807, 2.05) is 28.2 Å². The van der Waals surface area contributed by atoms with Crippen LogP contribution in [0.25, 0.3) is 0 Å². The van der Waals surface area contributed by atoms with E-state index in [4.69, 9.17) is 9.05 Å². The fraction of sp³-hybridized carbons (Fsp3) is 0.950. The van der Waals surface area contributed by atoms with E-state index in [0.29, 0.717) is 61.1 Å². The van der Waals surface area contributed by atoms with E-state index < -0.39 is 20.0 Å². The van der Waals surface area contributed by atoms with Crippen LogP contribution in [0.3, 0.4) is 0 Å². The maximum atomic E-state index is 12.5. The van der Waals surface area contributed by atoms with Gasteiger partial charge in [0.15, 0.2) is 0 Å². The maximum Gasteiger partial charge on any atom is 0.472 e. The number of hydrogen-bond donors (Lipinski definition) is 5. The van der Waals surface area contributed by atoms with Gasteiger partial charge in [-0.1, -0.05) is 117 Å². The highest BCUT2D eigenvalue weighted by molar-refractivity contribution is 7.47. The Morgan fingerprint density at radius 2 is 0.836 bits per heavy atom. The number of aliphatic hydroxyl groups is 2. The molecule has 0 radical (unpaired) electrons. The SMILES string of the molecule is CCCCCCCCCCCC(=O)NCCC[N+](C)(C)CC(O)COP(=O)(O)OCC(O)C[N+](C)(C)CCCNC(=O)CCCCCCCCCCC.[Cl-].[Cl-]. The highest BCUT2D eigenvalue weighted by Crippen LogP contribution is 2.43. The Kier molecular flexibility index (Phi) is 39.1. The maximum absolute atomic E-state index is 12.5. The number of phosphoric acid groups is 1. The molecular weight excluding hydrogens is 766 g/mol. The van der Waals surface area contributed by atoms with Gasteiger partial charge in [-0.25, -0.2) is 4.57 Å². The van der Waals surface area contributed by atoms with Crippen molar-refractivity contribution in [2.24, 2.45) is 0 Å². The normalized spacial score (nSPS) is 14.0. The molecule has 332 valence electrons. The van der Waals surface area contributed by atoms with Crippen molar-refractivity contribution in [2.75, 3.05) is 80.7 Å². The number of hydrogen-bond acceptors (Lipinski definition) is 7. The van der Waals surface area contributed by atoms with Crippen LogP contribution in [0.2, 0.25) is 0 Å². The fourth-order valence-corrected chi connectivity index (χ4v) is 7.46. The standard InChI is InChI=1S/C40H83N4O8P.2ClH/c1-7-9-11-13-15-17-19-21-23-27-39(47)41-29-25-31-43(3,4)33-37(45)35-51-53(49,50)52-36-38(46)34-44(5,6)32-26-30-42-40(48)28-24-22-20-18-16-14-12-10-8-2;;/h37-38,45-46H,7-36H2,1-6H3,(H-2,41,42,47,48,49,50);2*1H. The van der Waals surface area contributed by atoms with Crippen molar-refractivity contribution >= 4 is 19.6 Å². The van der Waals surface area contributed by atoms with E-state index in [2.05, 4.69) is 24.5 Å². The molecule has 0 saturated heterocycles. The zero-order chi connectivity index (χ0) is 39.9. The number of amides is 2. The predicted molar refractivity (Wildman–Crippen MR) is 216 cm³/mol. The van der Waals surface area contributed by atoms with Gasteiger partial charge in [0.1, 0.15) is 25.3 Å². The molecule has 15 heteroatoms. The van der Waals surface area contributed by atoms with E-state index >= 15 is 0 Å². The van der Waals surface area contributed by atoms with E-state index in [9.17, 15) is 29.3 Å². The zero-order valence-corrected chi connectivity index (χ0v) is 38.3. The molecule has 0 spiro atoms. The summed E-state index contributed by atoms with van der Waals surface area (Å²) < 4.78 is 23.4. The number of likely N-dealkylation sites (N-methyl/N-ethyl adjacent to an activating group) is 2. The molecule has 0 aliphatic carbocycles. The van der Waals surface area contributed by atoms with Gasteiger partial charge >= 0.3 is 7.82 Å². The molecule has 5 N–H and O–H groups in total. The lowest BCUT2D eigenvalue weighted by Gasteiger charge is -2.32. The van der Waals surface area contributed by atoms with Crippen molar-refractivity contribution < 1.29 is 72.1 Å². The number of nitrogens with zero attached hydrogens (tertiary/aromatic N) is 2. The second kappa shape index (κ2) is 36.5. The quantitative estimate of drug-likeness (QED) is 0.0349. The van der Waals surface area contributed by atoms with E-state index in [1.54, 1.807) is 0 Å². The summed E-state index contributed by atoms with van der Waals surface area (Å²) in [7, 11) is 3.32. The van der Waals surface area contributed by atoms with Crippen LogP contribution >= 0.6 is 7.82 Å². The molecule has 0 heterocycles. The zero-order valence-electron chi connectivity index (χ0n) is 35.8. The Labute approximate surface area is 349 Å². The smallest absolute Gasteiger partial charge is 0.472 e. The molecule has 0 bridgehead atoms. The predicted octanol–water partition coefficient (Wildman–Crippen LogP) is 0.857. The summed E-state index contributed by atoms with van der Waals surface area (Å²) in [4.78, 5) is 34.5. The number of phosphoric ester groups is 1. The van der Waals surface area contributed by atoms with Gasteiger partial charge in [-0.15, -0.1) is 0 Å². The second-order valence-electron chi connectivity index (χ2n) is 16.6. The van der Waals surface area contributed by atoms with Gasteiger partial charge in [0.25, 0.3) is 0 Å². The first-order chi connectivity index (χ1) is 25.1. The summed E-state index contributed by atoms with van der Waals surface area (Å²) in [6.45, 7) is 6.82. The van der Waals surface area contributed by atoms with Crippen LogP contribution in [0.1, 0.15) is 155 Å². The third kappa shape index (κ3) is 40.1. The van der Waals surface area contributed by atoms with Gasteiger partial charge in [-0.2, -0.15) is 0 Å². The number of halogens is 2. The number of quaternary nitrogens is 2. The van der Waals surface area contributed by atoms with Gasteiger partial charge in [-0.3, -0.25) is 18.6 Å². The van der Waals surface area contributed by atoms with Crippen LogP contribution in [0, 0.1) is 0 Å². The van der Waals surface area contributed by atoms with Gasteiger partial charge in [0.2, 0.25) is 11.8 Å². The first-order valence-electron chi connectivity index (χ1n) is 21.3. The third-order valence-corrected chi connectivity index (χ3v) is 10.8. The summed E-state index contributed by atoms with van der Waals surface area (Å²) in [5.74, 6) is 0.163. The van der Waals surface area contributed by atoms with Crippen molar-refractivity contribution in [2.45, 2.75) is 167 Å². The van der Waals surface area contributed by atoms with Crippen molar-refractivity contribution in [1.82, 2.24) is 10.6 Å². The molecule has 0 saturated carbocycles. The third-order valence-electron chi connectivity index (χ3n) is 9.81. The molecule has 12 nitrogen and oxygen atoms in total. The molecule has 0 aromatic heterocycles. The van der Waals surface area contributed by atoms with Crippen molar-refractivity contribution in [3.63, 3.8) is 0 Å². The molecule has 55 heavy (non-hydrogen) atoms. The minimum absolute atomic E-state index is 0. The van der Waals surface area contributed by atoms with Crippen LogP contribution in [-0.2, 0) is 23.2 Å². The van der Waals surface area contributed by atoms with Crippen LogP contribution < -0.4 is 35.4 Å². The minimum Gasteiger partial charge on any atom is -1.00 e. The Morgan fingerprint density at radius 1 is 0.545 bits per heavy atom. The molecule has 2 atom stereocenters. The summed E-state index contributed by atoms with van der Waals surface area (Å²) in [6, 6.07) is 0. The summed E-state index contributed by atoms with van der Waals surface area (Å²) in [5.41, 5.74) is 0. The van der Waals surface area contributed by atoms with Gasteiger partial charge in [0.05, 0.1) is 54.5 Å². The van der Waals surface area contributed by atoms with Crippen LogP contribution in [0.15, 0.2) is 0 Å². The molecule has 0 aliphatic heterocycles. The number of carbonyl (C=O) groups excluding carboxylic acids is 2. The topological polar surface area (TPSA) is 154 Å². The number of unbranched alkanes of at least 4 members (excludes halogenated alkanes) is 16. The number of carbonyl (C=O) groups is 2. The first-order valence-corrected chi connectivity index (χ1v) is 22.8. The molecule has 0 fully saturated rings. The molecule has 0 aromatic carbocycles. The monoisotopic (exact) mass is 851 g/mol. The first kappa shape index (κ1) is 58.8. The Hall–Kier alpha value is -0.530. The van der Waals surface area contributed by atoms with E-state index in [-0.39, 0.29) is 49.8 Å². The molecule has 0 rings (SSSR count). The minimum atomic E-state index is -4.48. The van der Waals surface area contributed by atoms with Crippen LogP contribution in [0.5, 0.6) is 0 Å². The van der Waals surface area contributed by atoms with E-state index in [0.717, 1.165) is 38.5 Å². The highest BCUT2D eigenvalue weighted by Gasteiger charge is 2.29. The summed E-state index contributed by atoms with van der Waals surface area (Å²) >= 11 is 0. The number of nitrogens with one attached hydrogen (secondary N) is 2. The lowest BCUT2D eigenvalue weighted by molar-refractivity contribution is -0.893. The Morgan fingerprint density at radius 3 is 1.15 bits per heavy atom. The average molecular weight is 852 g/mol. The van der Waals surface area contributed by atoms with Crippen LogP contribution in [-0.4, -0.2) is 129 Å². The lowest BCUT2D eigenvalue weighted by atomic mass is 10.1. The summed E-state index contributed by atoms with van der Waals surface area (Å²) in [5, 5.41) is 27.0.